The summed E-state index contributed by atoms with van der Waals surface area (Å²) >= 11 is 13.4. The third-order valence-electron chi connectivity index (χ3n) is 4.36. The van der Waals surface area contributed by atoms with Crippen LogP contribution >= 0.6 is 34.5 Å². The van der Waals surface area contributed by atoms with E-state index in [2.05, 4.69) is 14.7 Å². The number of esters is 1. The molecule has 0 aliphatic carbocycles. The van der Waals surface area contributed by atoms with E-state index in [1.165, 1.54) is 32.9 Å². The van der Waals surface area contributed by atoms with E-state index in [1.54, 1.807) is 23.7 Å². The molecule has 4 rings (SSSR count). The molecule has 0 radical (unpaired) electrons. The van der Waals surface area contributed by atoms with Gasteiger partial charge in [-0.1, -0.05) is 23.2 Å². The number of imidazole rings is 1. The largest absolute Gasteiger partial charge is 0.469 e. The molecule has 0 saturated carbocycles. The Kier molecular flexibility index (Phi) is 5.28. The number of thiazole rings is 1. The number of aromatic nitrogens is 4. The van der Waals surface area contributed by atoms with Crippen molar-refractivity contribution < 1.29 is 17.9 Å². The zero-order valence-corrected chi connectivity index (χ0v) is 18.1. The summed E-state index contributed by atoms with van der Waals surface area (Å²) in [7, 11) is -2.80. The molecule has 0 saturated heterocycles. The van der Waals surface area contributed by atoms with Crippen LogP contribution in [0.15, 0.2) is 34.8 Å². The lowest BCUT2D eigenvalue weighted by Gasteiger charge is -2.11. The summed E-state index contributed by atoms with van der Waals surface area (Å²) in [6.45, 7) is 0. The van der Waals surface area contributed by atoms with Gasteiger partial charge in [0.15, 0.2) is 10.1 Å². The second-order valence-corrected chi connectivity index (χ2v) is 9.46. The molecular formula is C17H14Cl2N4O4S2. The van der Waals surface area contributed by atoms with Gasteiger partial charge in [0, 0.05) is 23.7 Å². The highest BCUT2D eigenvalue weighted by molar-refractivity contribution is 7.90. The number of carbonyl (C=O) groups is 1. The van der Waals surface area contributed by atoms with Crippen molar-refractivity contribution in [1.82, 2.24) is 18.3 Å². The molecule has 0 fully saturated rings. The molecule has 8 nitrogen and oxygen atoms in total. The zero-order valence-electron chi connectivity index (χ0n) is 15.0. The number of hydrogen-bond acceptors (Lipinski definition) is 7. The van der Waals surface area contributed by atoms with Crippen molar-refractivity contribution in [3.05, 3.63) is 45.8 Å². The molecule has 0 N–H and O–H groups in total. The van der Waals surface area contributed by atoms with Gasteiger partial charge in [-0.25, -0.2) is 13.9 Å². The fourth-order valence-corrected chi connectivity index (χ4v) is 6.25. The van der Waals surface area contributed by atoms with Crippen LogP contribution in [-0.4, -0.2) is 39.8 Å². The van der Waals surface area contributed by atoms with E-state index in [4.69, 9.17) is 23.2 Å². The van der Waals surface area contributed by atoms with Gasteiger partial charge >= 0.3 is 5.97 Å². The standard InChI is InChI=1S/C17H14Cl2N4O4S2/c1-27-14(24)4-2-3-10-9-11-12(5-6-13(18)20-11)23(10)29(25,26)16-15(19)21-17-22(16)7-8-28-17/h5-9H,2-4H2,1H3. The van der Waals surface area contributed by atoms with E-state index in [0.717, 1.165) is 0 Å². The van der Waals surface area contributed by atoms with Crippen LogP contribution < -0.4 is 0 Å². The van der Waals surface area contributed by atoms with Crippen LogP contribution in [0.25, 0.3) is 16.0 Å². The Morgan fingerprint density at radius 3 is 2.83 bits per heavy atom. The number of rotatable bonds is 6. The Balaban J connectivity index is 1.88. The Morgan fingerprint density at radius 1 is 1.28 bits per heavy atom. The number of hydrogen-bond donors (Lipinski definition) is 0. The highest BCUT2D eigenvalue weighted by Crippen LogP contribution is 2.31. The van der Waals surface area contributed by atoms with E-state index in [0.29, 0.717) is 34.5 Å². The summed E-state index contributed by atoms with van der Waals surface area (Å²) in [5.74, 6) is -0.365. The quantitative estimate of drug-likeness (QED) is 0.312. The smallest absolute Gasteiger partial charge is 0.305 e. The van der Waals surface area contributed by atoms with Crippen molar-refractivity contribution in [2.24, 2.45) is 0 Å². The predicted molar refractivity (Wildman–Crippen MR) is 110 cm³/mol. The molecule has 12 heteroatoms. The third-order valence-corrected chi connectivity index (χ3v) is 7.49. The van der Waals surface area contributed by atoms with Gasteiger partial charge in [-0.05, 0) is 31.0 Å². The van der Waals surface area contributed by atoms with Gasteiger partial charge in [-0.3, -0.25) is 9.20 Å². The summed E-state index contributed by atoms with van der Waals surface area (Å²) in [6.07, 6.45) is 2.48. The molecule has 4 aromatic heterocycles. The van der Waals surface area contributed by atoms with E-state index in [9.17, 15) is 13.2 Å². The lowest BCUT2D eigenvalue weighted by molar-refractivity contribution is -0.140. The first-order valence-corrected chi connectivity index (χ1v) is 11.5. The lowest BCUT2D eigenvalue weighted by Crippen LogP contribution is -2.18. The summed E-state index contributed by atoms with van der Waals surface area (Å²) in [6, 6.07) is 4.76. The molecule has 0 aliphatic heterocycles. The van der Waals surface area contributed by atoms with Crippen molar-refractivity contribution in [1.29, 1.82) is 0 Å². The summed E-state index contributed by atoms with van der Waals surface area (Å²) in [4.78, 5) is 20.3. The molecule has 0 aromatic carbocycles. The van der Waals surface area contributed by atoms with E-state index in [1.807, 2.05) is 0 Å². The van der Waals surface area contributed by atoms with Crippen LogP contribution in [0.1, 0.15) is 18.5 Å². The van der Waals surface area contributed by atoms with Crippen molar-refractivity contribution in [3.63, 3.8) is 0 Å². The van der Waals surface area contributed by atoms with Crippen LogP contribution in [-0.2, 0) is 26.0 Å². The van der Waals surface area contributed by atoms with Gasteiger partial charge in [0.1, 0.15) is 5.15 Å². The molecule has 152 valence electrons. The van der Waals surface area contributed by atoms with Crippen molar-refractivity contribution in [3.8, 4) is 0 Å². The van der Waals surface area contributed by atoms with Crippen LogP contribution in [0.3, 0.4) is 0 Å². The Labute approximate surface area is 179 Å². The van der Waals surface area contributed by atoms with Gasteiger partial charge < -0.3 is 4.74 Å². The molecule has 4 heterocycles. The minimum Gasteiger partial charge on any atom is -0.469 e. The molecule has 29 heavy (non-hydrogen) atoms. The number of pyridine rings is 1. The van der Waals surface area contributed by atoms with Crippen molar-refractivity contribution in [2.75, 3.05) is 7.11 Å². The van der Waals surface area contributed by atoms with Gasteiger partial charge in [-0.15, -0.1) is 11.3 Å². The monoisotopic (exact) mass is 472 g/mol. The highest BCUT2D eigenvalue weighted by Gasteiger charge is 2.30. The van der Waals surface area contributed by atoms with Crippen molar-refractivity contribution in [2.45, 2.75) is 24.3 Å². The maximum Gasteiger partial charge on any atom is 0.305 e. The highest BCUT2D eigenvalue weighted by atomic mass is 35.5. The first-order chi connectivity index (χ1) is 13.8. The Hall–Kier alpha value is -2.14. The second-order valence-electron chi connectivity index (χ2n) is 6.14. The molecule has 0 aliphatic rings. The Morgan fingerprint density at radius 2 is 2.07 bits per heavy atom. The molecule has 4 aromatic rings. The van der Waals surface area contributed by atoms with Crippen molar-refractivity contribution >= 4 is 66.5 Å². The number of methoxy groups -OCH3 is 1. The average Bonchev–Trinajstić information content (AvgIpc) is 3.32. The van der Waals surface area contributed by atoms with Crippen LogP contribution in [0, 0.1) is 0 Å². The first kappa shape index (κ1) is 20.1. The minimum absolute atomic E-state index is 0.110. The molecule has 0 unspecified atom stereocenters. The molecule has 0 amide bonds. The number of aryl methyl sites for hydroxylation is 1. The van der Waals surface area contributed by atoms with Crippen LogP contribution in [0.2, 0.25) is 10.3 Å². The van der Waals surface area contributed by atoms with E-state index in [-0.39, 0.29) is 27.7 Å². The fourth-order valence-electron chi connectivity index (χ4n) is 3.12. The molecule has 0 spiro atoms. The third kappa shape index (κ3) is 3.50. The fraction of sp³-hybridized carbons (Fsp3) is 0.235. The molecule has 0 bridgehead atoms. The molecular weight excluding hydrogens is 459 g/mol. The van der Waals surface area contributed by atoms with Gasteiger partial charge in [0.2, 0.25) is 5.03 Å². The van der Waals surface area contributed by atoms with E-state index < -0.39 is 10.0 Å². The maximum atomic E-state index is 13.6. The predicted octanol–water partition coefficient (Wildman–Crippen LogP) is 3.79. The summed E-state index contributed by atoms with van der Waals surface area (Å²) in [5, 5.41) is 1.73. The van der Waals surface area contributed by atoms with Crippen LogP contribution in [0.4, 0.5) is 0 Å². The summed E-state index contributed by atoms with van der Waals surface area (Å²) < 4.78 is 34.5. The van der Waals surface area contributed by atoms with Gasteiger partial charge in [-0.2, -0.15) is 8.42 Å². The Bertz CT molecular complexity index is 1340. The number of ether oxygens (including phenoxy) is 1. The van der Waals surface area contributed by atoms with Gasteiger partial charge in [0.05, 0.1) is 18.1 Å². The first-order valence-electron chi connectivity index (χ1n) is 8.43. The van der Waals surface area contributed by atoms with E-state index >= 15 is 0 Å². The number of halogens is 2. The topological polar surface area (TPSA) is 95.6 Å². The maximum absolute atomic E-state index is 13.6. The molecule has 0 atom stereocenters. The second kappa shape index (κ2) is 7.60. The minimum atomic E-state index is -4.11. The number of nitrogens with zero attached hydrogens (tertiary/aromatic N) is 4. The average molecular weight is 473 g/mol. The zero-order chi connectivity index (χ0) is 20.8. The number of fused-ring (bicyclic) bond motifs is 2. The number of carbonyl (C=O) groups excluding carboxylic acids is 1. The van der Waals surface area contributed by atoms with Gasteiger partial charge in [0.25, 0.3) is 10.0 Å². The lowest BCUT2D eigenvalue weighted by atomic mass is 10.2. The normalized spacial score (nSPS) is 12.1. The SMILES string of the molecule is COC(=O)CCCc1cc2nc(Cl)ccc2n1S(=O)(=O)c1c(Cl)nc2sccn12. The summed E-state index contributed by atoms with van der Waals surface area (Å²) in [5.41, 5.74) is 1.25. The van der Waals surface area contributed by atoms with Crippen LogP contribution in [0.5, 0.6) is 0 Å².